The number of hydrogen-bond acceptors (Lipinski definition) is 2. The molecule has 0 bridgehead atoms. The maximum absolute atomic E-state index is 12.9. The molecule has 1 aliphatic heterocycles. The highest BCUT2D eigenvalue weighted by molar-refractivity contribution is 9.10. The minimum Gasteiger partial charge on any atom is -0.207 e. The van der Waals surface area contributed by atoms with Crippen LogP contribution in [0.25, 0.3) is 0 Å². The van der Waals surface area contributed by atoms with Gasteiger partial charge in [-0.3, -0.25) is 0 Å². The molecule has 1 heterocycles. The number of halogens is 1. The van der Waals surface area contributed by atoms with E-state index < -0.39 is 10.0 Å². The summed E-state index contributed by atoms with van der Waals surface area (Å²) in [5, 5.41) is 0. The summed E-state index contributed by atoms with van der Waals surface area (Å²) in [6.07, 6.45) is 4.15. The van der Waals surface area contributed by atoms with E-state index in [0.29, 0.717) is 22.5 Å². The summed E-state index contributed by atoms with van der Waals surface area (Å²) in [6, 6.07) is 5.67. The lowest BCUT2D eigenvalue weighted by atomic mass is 9.87. The lowest BCUT2D eigenvalue weighted by molar-refractivity contribution is 0.423. The van der Waals surface area contributed by atoms with E-state index in [2.05, 4.69) is 36.7 Å². The average Bonchev–Trinajstić information content (AvgIpc) is 2.66. The van der Waals surface area contributed by atoms with Crippen LogP contribution in [0, 0.1) is 0 Å². The van der Waals surface area contributed by atoms with Crippen LogP contribution in [0.1, 0.15) is 52.0 Å². The van der Waals surface area contributed by atoms with E-state index in [0.717, 1.165) is 31.2 Å². The summed E-state index contributed by atoms with van der Waals surface area (Å²) in [6.45, 7) is 7.55. The summed E-state index contributed by atoms with van der Waals surface area (Å²) in [7, 11) is -3.41. The maximum atomic E-state index is 12.9. The maximum Gasteiger partial charge on any atom is 0.244 e. The first-order valence-electron chi connectivity index (χ1n) is 7.53. The summed E-state index contributed by atoms with van der Waals surface area (Å²) < 4.78 is 28.2. The fourth-order valence-corrected chi connectivity index (χ4v) is 5.06. The van der Waals surface area contributed by atoms with Crippen LogP contribution >= 0.6 is 15.9 Å². The number of hydrogen-bond donors (Lipinski definition) is 0. The van der Waals surface area contributed by atoms with E-state index in [1.165, 1.54) is 0 Å². The van der Waals surface area contributed by atoms with E-state index in [-0.39, 0.29) is 5.41 Å². The summed E-state index contributed by atoms with van der Waals surface area (Å²) in [5.41, 5.74) is 0.975. The minimum absolute atomic E-state index is 0.0657. The Kier molecular flexibility index (Phi) is 5.16. The van der Waals surface area contributed by atoms with Crippen LogP contribution in [-0.4, -0.2) is 25.8 Å². The first kappa shape index (κ1) is 17.0. The van der Waals surface area contributed by atoms with E-state index in [4.69, 9.17) is 0 Å². The van der Waals surface area contributed by atoms with Crippen molar-refractivity contribution in [2.75, 3.05) is 13.1 Å². The minimum atomic E-state index is -3.41. The van der Waals surface area contributed by atoms with Crippen LogP contribution in [0.3, 0.4) is 0 Å². The molecular weight excluding hydrogens is 350 g/mol. The molecule has 0 spiro atoms. The zero-order valence-corrected chi connectivity index (χ0v) is 15.4. The van der Waals surface area contributed by atoms with Crippen molar-refractivity contribution in [2.24, 2.45) is 0 Å². The SMILES string of the molecule is CC(C)(C)c1ccc(Br)c(S(=O)(=O)N2CCCCCC2)c1. The Morgan fingerprint density at radius 2 is 1.62 bits per heavy atom. The first-order valence-corrected chi connectivity index (χ1v) is 9.76. The van der Waals surface area contributed by atoms with Gasteiger partial charge >= 0.3 is 0 Å². The first-order chi connectivity index (χ1) is 9.73. The Morgan fingerprint density at radius 3 is 2.14 bits per heavy atom. The number of nitrogens with zero attached hydrogens (tertiary/aromatic N) is 1. The van der Waals surface area contributed by atoms with Crippen molar-refractivity contribution >= 4 is 26.0 Å². The van der Waals surface area contributed by atoms with Gasteiger partial charge in [0.1, 0.15) is 0 Å². The normalized spacial score (nSPS) is 18.5. The van der Waals surface area contributed by atoms with Crippen molar-refractivity contribution in [3.8, 4) is 0 Å². The predicted octanol–water partition coefficient (Wildman–Crippen LogP) is 4.31. The van der Waals surface area contributed by atoms with E-state index in [9.17, 15) is 8.42 Å². The van der Waals surface area contributed by atoms with Crippen molar-refractivity contribution in [1.82, 2.24) is 4.31 Å². The zero-order chi connectivity index (χ0) is 15.7. The monoisotopic (exact) mass is 373 g/mol. The second kappa shape index (κ2) is 6.39. The lowest BCUT2D eigenvalue weighted by Crippen LogP contribution is -2.32. The van der Waals surface area contributed by atoms with Gasteiger partial charge in [0, 0.05) is 17.6 Å². The standard InChI is InChI=1S/C16H24BrNO2S/c1-16(2,3)13-8-9-14(17)15(12-13)21(19,20)18-10-6-4-5-7-11-18/h8-9,12H,4-7,10-11H2,1-3H3. The van der Waals surface area contributed by atoms with Crippen LogP contribution < -0.4 is 0 Å². The van der Waals surface area contributed by atoms with Crippen molar-refractivity contribution in [3.05, 3.63) is 28.2 Å². The molecule has 0 aliphatic carbocycles. The van der Waals surface area contributed by atoms with Gasteiger partial charge in [-0.15, -0.1) is 0 Å². The van der Waals surface area contributed by atoms with Gasteiger partial charge in [0.25, 0.3) is 0 Å². The highest BCUT2D eigenvalue weighted by Crippen LogP contribution is 2.32. The van der Waals surface area contributed by atoms with Crippen molar-refractivity contribution in [1.29, 1.82) is 0 Å². The second-order valence-electron chi connectivity index (χ2n) is 6.71. The van der Waals surface area contributed by atoms with Crippen LogP contribution in [0.15, 0.2) is 27.6 Å². The fourth-order valence-electron chi connectivity index (χ4n) is 2.59. The van der Waals surface area contributed by atoms with E-state index in [1.54, 1.807) is 4.31 Å². The second-order valence-corrected chi connectivity index (χ2v) is 9.47. The largest absolute Gasteiger partial charge is 0.244 e. The Morgan fingerprint density at radius 1 is 1.05 bits per heavy atom. The van der Waals surface area contributed by atoms with E-state index >= 15 is 0 Å². The molecule has 21 heavy (non-hydrogen) atoms. The van der Waals surface area contributed by atoms with Crippen molar-refractivity contribution in [2.45, 2.75) is 56.8 Å². The van der Waals surface area contributed by atoms with Gasteiger partial charge in [-0.05, 0) is 51.9 Å². The van der Waals surface area contributed by atoms with Crippen LogP contribution in [-0.2, 0) is 15.4 Å². The van der Waals surface area contributed by atoms with Crippen molar-refractivity contribution < 1.29 is 8.42 Å². The zero-order valence-electron chi connectivity index (χ0n) is 13.0. The molecule has 1 aromatic carbocycles. The third-order valence-corrected chi connectivity index (χ3v) is 6.87. The summed E-state index contributed by atoms with van der Waals surface area (Å²) in [5.74, 6) is 0. The Balaban J connectivity index is 2.43. The molecule has 0 unspecified atom stereocenters. The van der Waals surface area contributed by atoms with Gasteiger partial charge in [-0.25, -0.2) is 8.42 Å². The number of rotatable bonds is 2. The number of sulfonamides is 1. The van der Waals surface area contributed by atoms with Gasteiger partial charge in [0.2, 0.25) is 10.0 Å². The van der Waals surface area contributed by atoms with Crippen LogP contribution in [0.2, 0.25) is 0 Å². The molecular formula is C16H24BrNO2S. The van der Waals surface area contributed by atoms with Gasteiger partial charge in [-0.1, -0.05) is 39.7 Å². The van der Waals surface area contributed by atoms with Crippen LogP contribution in [0.4, 0.5) is 0 Å². The molecule has 0 atom stereocenters. The predicted molar refractivity (Wildman–Crippen MR) is 90.1 cm³/mol. The molecule has 1 aromatic rings. The summed E-state index contributed by atoms with van der Waals surface area (Å²) in [4.78, 5) is 0.400. The molecule has 0 aromatic heterocycles. The summed E-state index contributed by atoms with van der Waals surface area (Å²) >= 11 is 3.41. The molecule has 0 amide bonds. The van der Waals surface area contributed by atoms with Crippen LogP contribution in [0.5, 0.6) is 0 Å². The quantitative estimate of drug-likeness (QED) is 0.774. The Bertz CT molecular complexity index is 597. The Hall–Kier alpha value is -0.390. The molecule has 0 N–H and O–H groups in total. The molecule has 1 saturated heterocycles. The molecule has 0 saturated carbocycles. The van der Waals surface area contributed by atoms with E-state index in [1.807, 2.05) is 18.2 Å². The van der Waals surface area contributed by atoms with Crippen molar-refractivity contribution in [3.63, 3.8) is 0 Å². The molecule has 3 nitrogen and oxygen atoms in total. The highest BCUT2D eigenvalue weighted by atomic mass is 79.9. The third-order valence-electron chi connectivity index (χ3n) is 3.98. The fraction of sp³-hybridized carbons (Fsp3) is 0.625. The molecule has 1 fully saturated rings. The smallest absolute Gasteiger partial charge is 0.207 e. The molecule has 118 valence electrons. The van der Waals surface area contributed by atoms with Gasteiger partial charge in [0.15, 0.2) is 0 Å². The molecule has 1 aliphatic rings. The average molecular weight is 374 g/mol. The molecule has 0 radical (unpaired) electrons. The third kappa shape index (κ3) is 3.88. The lowest BCUT2D eigenvalue weighted by Gasteiger charge is -2.24. The van der Waals surface area contributed by atoms with Gasteiger partial charge < -0.3 is 0 Å². The molecule has 2 rings (SSSR count). The molecule has 5 heteroatoms. The topological polar surface area (TPSA) is 37.4 Å². The van der Waals surface area contributed by atoms with Gasteiger partial charge in [0.05, 0.1) is 4.90 Å². The highest BCUT2D eigenvalue weighted by Gasteiger charge is 2.28. The Labute approximate surface area is 136 Å². The number of benzene rings is 1. The van der Waals surface area contributed by atoms with Gasteiger partial charge in [-0.2, -0.15) is 4.31 Å².